The van der Waals surface area contributed by atoms with Crippen LogP contribution < -0.4 is 4.72 Å². The van der Waals surface area contributed by atoms with E-state index in [0.717, 1.165) is 6.07 Å². The Balaban J connectivity index is 2.47. The van der Waals surface area contributed by atoms with Gasteiger partial charge in [0.25, 0.3) is 10.0 Å². The van der Waals surface area contributed by atoms with Crippen LogP contribution in [-0.4, -0.2) is 24.5 Å². The zero-order valence-corrected chi connectivity index (χ0v) is 12.4. The van der Waals surface area contributed by atoms with Gasteiger partial charge in [0.2, 0.25) is 0 Å². The molecule has 0 bridgehead atoms. The number of sulfonamides is 1. The molecule has 0 fully saturated rings. The number of anilines is 1. The number of rotatable bonds is 4. The number of aromatic nitrogens is 1. The number of nitrogens with one attached hydrogen (secondary N) is 1. The highest BCUT2D eigenvalue weighted by atomic mass is 35.5. The second kappa shape index (κ2) is 5.71. The Bertz CT molecular complexity index is 806. The molecular formula is C13H11ClN2O4S. The van der Waals surface area contributed by atoms with Crippen LogP contribution in [0.25, 0.3) is 0 Å². The van der Waals surface area contributed by atoms with E-state index in [0.29, 0.717) is 11.3 Å². The molecule has 0 aliphatic rings. The highest BCUT2D eigenvalue weighted by Gasteiger charge is 2.21. The van der Waals surface area contributed by atoms with Crippen LogP contribution in [0.4, 0.5) is 5.69 Å². The quantitative estimate of drug-likeness (QED) is 0.900. The third kappa shape index (κ3) is 3.32. The number of pyridine rings is 1. The van der Waals surface area contributed by atoms with Gasteiger partial charge in [-0.25, -0.2) is 13.2 Å². The van der Waals surface area contributed by atoms with Gasteiger partial charge in [-0.2, -0.15) is 0 Å². The van der Waals surface area contributed by atoms with Crippen molar-refractivity contribution in [3.05, 3.63) is 52.8 Å². The summed E-state index contributed by atoms with van der Waals surface area (Å²) in [7, 11) is -4.01. The van der Waals surface area contributed by atoms with Gasteiger partial charge in [-0.3, -0.25) is 9.71 Å². The Morgan fingerprint density at radius 2 is 2.05 bits per heavy atom. The standard InChI is InChI=1S/C13H11ClN2O4S/c1-8-4-5-15-7-11(8)16-21(19,20)12-6-9(13(17)18)2-3-10(12)14/h2-7,16H,1H3,(H,17,18). The average molecular weight is 327 g/mol. The normalized spacial score (nSPS) is 11.1. The molecule has 6 nitrogen and oxygen atoms in total. The number of carboxylic acid groups (broad SMARTS) is 1. The number of hydrogen-bond donors (Lipinski definition) is 2. The SMILES string of the molecule is Cc1ccncc1NS(=O)(=O)c1cc(C(=O)O)ccc1Cl. The number of carbonyl (C=O) groups is 1. The van der Waals surface area contributed by atoms with Crippen molar-refractivity contribution < 1.29 is 18.3 Å². The summed E-state index contributed by atoms with van der Waals surface area (Å²) < 4.78 is 27.0. The number of carboxylic acids is 1. The molecule has 21 heavy (non-hydrogen) atoms. The van der Waals surface area contributed by atoms with Crippen molar-refractivity contribution in [2.45, 2.75) is 11.8 Å². The maximum absolute atomic E-state index is 12.3. The number of aromatic carboxylic acids is 1. The van der Waals surface area contributed by atoms with E-state index in [-0.39, 0.29) is 15.5 Å². The molecule has 0 atom stereocenters. The summed E-state index contributed by atoms with van der Waals surface area (Å²) in [5.41, 5.74) is 0.816. The second-order valence-corrected chi connectivity index (χ2v) is 6.30. The van der Waals surface area contributed by atoms with Crippen LogP contribution >= 0.6 is 11.6 Å². The molecule has 0 saturated carbocycles. The van der Waals surface area contributed by atoms with Crippen LogP contribution in [0, 0.1) is 6.92 Å². The van der Waals surface area contributed by atoms with Gasteiger partial charge in [0, 0.05) is 6.20 Å². The molecule has 2 rings (SSSR count). The summed E-state index contributed by atoms with van der Waals surface area (Å²) in [6.07, 6.45) is 2.90. The monoisotopic (exact) mass is 326 g/mol. The lowest BCUT2D eigenvalue weighted by Crippen LogP contribution is -2.15. The highest BCUT2D eigenvalue weighted by Crippen LogP contribution is 2.25. The van der Waals surface area contributed by atoms with E-state index < -0.39 is 16.0 Å². The van der Waals surface area contributed by atoms with Crippen molar-refractivity contribution in [2.75, 3.05) is 4.72 Å². The molecule has 2 aromatic rings. The van der Waals surface area contributed by atoms with Gasteiger partial charge < -0.3 is 5.11 Å². The van der Waals surface area contributed by atoms with Gasteiger partial charge in [-0.15, -0.1) is 0 Å². The van der Waals surface area contributed by atoms with E-state index in [2.05, 4.69) is 9.71 Å². The predicted octanol–water partition coefficient (Wildman–Crippen LogP) is 2.54. The van der Waals surface area contributed by atoms with Crippen LogP contribution in [0.3, 0.4) is 0 Å². The maximum Gasteiger partial charge on any atom is 0.335 e. The Morgan fingerprint density at radius 3 is 2.67 bits per heavy atom. The minimum Gasteiger partial charge on any atom is -0.478 e. The third-order valence-electron chi connectivity index (χ3n) is 2.75. The predicted molar refractivity (Wildman–Crippen MR) is 78.2 cm³/mol. The van der Waals surface area contributed by atoms with E-state index in [1.165, 1.54) is 24.5 Å². The van der Waals surface area contributed by atoms with Gasteiger partial charge in [-0.1, -0.05) is 11.6 Å². The zero-order valence-electron chi connectivity index (χ0n) is 10.9. The lowest BCUT2D eigenvalue weighted by atomic mass is 10.2. The number of halogens is 1. The van der Waals surface area contributed by atoms with Crippen molar-refractivity contribution in [2.24, 2.45) is 0 Å². The molecule has 0 saturated heterocycles. The zero-order chi connectivity index (χ0) is 15.6. The Labute approximate surface area is 126 Å². The smallest absolute Gasteiger partial charge is 0.335 e. The lowest BCUT2D eigenvalue weighted by molar-refractivity contribution is 0.0696. The van der Waals surface area contributed by atoms with Crippen LogP contribution in [-0.2, 0) is 10.0 Å². The molecule has 2 N–H and O–H groups in total. The number of hydrogen-bond acceptors (Lipinski definition) is 4. The molecular weight excluding hydrogens is 316 g/mol. The number of benzene rings is 1. The number of aryl methyl sites for hydroxylation is 1. The fraction of sp³-hybridized carbons (Fsp3) is 0.0769. The molecule has 0 unspecified atom stereocenters. The summed E-state index contributed by atoms with van der Waals surface area (Å²) in [5.74, 6) is -1.24. The topological polar surface area (TPSA) is 96.4 Å². The fourth-order valence-corrected chi connectivity index (χ4v) is 3.26. The highest BCUT2D eigenvalue weighted by molar-refractivity contribution is 7.92. The van der Waals surface area contributed by atoms with Crippen molar-refractivity contribution in [1.29, 1.82) is 0 Å². The van der Waals surface area contributed by atoms with Crippen LogP contribution in [0.1, 0.15) is 15.9 Å². The fourth-order valence-electron chi connectivity index (χ4n) is 1.61. The van der Waals surface area contributed by atoms with Crippen LogP contribution in [0.15, 0.2) is 41.6 Å². The molecule has 0 amide bonds. The van der Waals surface area contributed by atoms with E-state index in [9.17, 15) is 13.2 Å². The van der Waals surface area contributed by atoms with E-state index in [1.807, 2.05) is 0 Å². The van der Waals surface area contributed by atoms with Crippen molar-refractivity contribution >= 4 is 33.3 Å². The molecule has 1 aromatic heterocycles. The van der Waals surface area contributed by atoms with Gasteiger partial charge in [0.15, 0.2) is 0 Å². The molecule has 8 heteroatoms. The van der Waals surface area contributed by atoms with Gasteiger partial charge in [0.1, 0.15) is 4.90 Å². The summed E-state index contributed by atoms with van der Waals surface area (Å²) in [5, 5.41) is 8.87. The molecule has 0 aliphatic heterocycles. The first kappa shape index (κ1) is 15.3. The molecule has 110 valence electrons. The van der Waals surface area contributed by atoms with E-state index in [4.69, 9.17) is 16.7 Å². The summed E-state index contributed by atoms with van der Waals surface area (Å²) in [6, 6.07) is 5.13. The minimum absolute atomic E-state index is 0.0611. The lowest BCUT2D eigenvalue weighted by Gasteiger charge is -2.11. The Hall–Kier alpha value is -2.12. The number of nitrogens with zero attached hydrogens (tertiary/aromatic N) is 1. The second-order valence-electron chi connectivity index (χ2n) is 4.25. The Kier molecular flexibility index (Phi) is 4.15. The molecule has 1 heterocycles. The largest absolute Gasteiger partial charge is 0.478 e. The molecule has 0 spiro atoms. The first-order chi connectivity index (χ1) is 9.81. The molecule has 1 aromatic carbocycles. The van der Waals surface area contributed by atoms with Crippen molar-refractivity contribution in [1.82, 2.24) is 4.98 Å². The maximum atomic E-state index is 12.3. The van der Waals surface area contributed by atoms with Crippen molar-refractivity contribution in [3.8, 4) is 0 Å². The summed E-state index contributed by atoms with van der Waals surface area (Å²) in [6.45, 7) is 1.72. The van der Waals surface area contributed by atoms with Crippen LogP contribution in [0.2, 0.25) is 5.02 Å². The van der Waals surface area contributed by atoms with E-state index in [1.54, 1.807) is 13.0 Å². The average Bonchev–Trinajstić information content (AvgIpc) is 2.41. The summed E-state index contributed by atoms with van der Waals surface area (Å²) in [4.78, 5) is 14.5. The first-order valence-corrected chi connectivity index (χ1v) is 7.63. The van der Waals surface area contributed by atoms with Gasteiger partial charge >= 0.3 is 5.97 Å². The Morgan fingerprint density at radius 1 is 1.33 bits per heavy atom. The van der Waals surface area contributed by atoms with Gasteiger partial charge in [0.05, 0.1) is 22.5 Å². The van der Waals surface area contributed by atoms with E-state index >= 15 is 0 Å². The van der Waals surface area contributed by atoms with Crippen molar-refractivity contribution in [3.63, 3.8) is 0 Å². The third-order valence-corrected chi connectivity index (χ3v) is 4.60. The molecule has 0 aliphatic carbocycles. The minimum atomic E-state index is -4.01. The summed E-state index contributed by atoms with van der Waals surface area (Å²) >= 11 is 5.86. The first-order valence-electron chi connectivity index (χ1n) is 5.77. The molecule has 0 radical (unpaired) electrons. The van der Waals surface area contributed by atoms with Crippen LogP contribution in [0.5, 0.6) is 0 Å². The van der Waals surface area contributed by atoms with Gasteiger partial charge in [-0.05, 0) is 36.8 Å².